The second kappa shape index (κ2) is 2.15. The van der Waals surface area contributed by atoms with Crippen LogP contribution in [0.5, 0.6) is 0 Å². The van der Waals surface area contributed by atoms with Gasteiger partial charge in [-0.2, -0.15) is 13.2 Å². The molecule has 0 aromatic heterocycles. The lowest BCUT2D eigenvalue weighted by atomic mass is 10.3. The lowest BCUT2D eigenvalue weighted by molar-refractivity contribution is -0.150. The summed E-state index contributed by atoms with van der Waals surface area (Å²) in [4.78, 5) is 0. The monoisotopic (exact) mass is 202 g/mol. The minimum Gasteiger partial charge on any atom is -0.171 e. The molecule has 2 atom stereocenters. The Morgan fingerprint density at radius 3 is 2.11 bits per heavy atom. The van der Waals surface area contributed by atoms with E-state index in [2.05, 4.69) is 15.9 Å². The first-order valence-corrected chi connectivity index (χ1v) is 3.80. The van der Waals surface area contributed by atoms with E-state index in [4.69, 9.17) is 0 Å². The first kappa shape index (κ1) is 7.38. The Morgan fingerprint density at radius 2 is 2.00 bits per heavy atom. The van der Waals surface area contributed by atoms with Crippen molar-refractivity contribution in [3.8, 4) is 0 Å². The number of hydrogen-bond donors (Lipinski definition) is 0. The van der Waals surface area contributed by atoms with Crippen LogP contribution in [0.15, 0.2) is 0 Å². The standard InChI is InChI=1S/C5H6BrF3/c6-2-3-1-4(3)5(7,8)9/h3-4H,1-2H2/t3-,4+/m0/s1. The van der Waals surface area contributed by atoms with Gasteiger partial charge in [-0.25, -0.2) is 0 Å². The van der Waals surface area contributed by atoms with Gasteiger partial charge in [-0.05, 0) is 12.3 Å². The molecule has 0 unspecified atom stereocenters. The van der Waals surface area contributed by atoms with Gasteiger partial charge in [0.2, 0.25) is 0 Å². The molecule has 1 fully saturated rings. The van der Waals surface area contributed by atoms with Gasteiger partial charge >= 0.3 is 6.18 Å². The molecule has 0 N–H and O–H groups in total. The molecule has 1 aliphatic rings. The zero-order valence-corrected chi connectivity index (χ0v) is 6.17. The van der Waals surface area contributed by atoms with E-state index >= 15 is 0 Å². The summed E-state index contributed by atoms with van der Waals surface area (Å²) in [7, 11) is 0. The van der Waals surface area contributed by atoms with Gasteiger partial charge in [-0.1, -0.05) is 15.9 Å². The third kappa shape index (κ3) is 1.60. The Hall–Kier alpha value is 0.270. The predicted molar refractivity (Wildman–Crippen MR) is 31.4 cm³/mol. The van der Waals surface area contributed by atoms with Gasteiger partial charge in [0, 0.05) is 5.33 Å². The topological polar surface area (TPSA) is 0 Å². The van der Waals surface area contributed by atoms with E-state index in [1.54, 1.807) is 0 Å². The largest absolute Gasteiger partial charge is 0.392 e. The fourth-order valence-corrected chi connectivity index (χ4v) is 1.53. The van der Waals surface area contributed by atoms with E-state index in [9.17, 15) is 13.2 Å². The third-order valence-electron chi connectivity index (χ3n) is 1.54. The van der Waals surface area contributed by atoms with Crippen molar-refractivity contribution in [3.63, 3.8) is 0 Å². The van der Waals surface area contributed by atoms with Gasteiger partial charge < -0.3 is 0 Å². The van der Waals surface area contributed by atoms with Crippen LogP contribution in [0, 0.1) is 11.8 Å². The molecule has 9 heavy (non-hydrogen) atoms. The molecule has 0 spiro atoms. The van der Waals surface area contributed by atoms with Crippen molar-refractivity contribution in [2.75, 3.05) is 5.33 Å². The minimum absolute atomic E-state index is 0.148. The lowest BCUT2D eigenvalue weighted by Crippen LogP contribution is -2.11. The van der Waals surface area contributed by atoms with Crippen molar-refractivity contribution in [2.24, 2.45) is 11.8 Å². The fourth-order valence-electron chi connectivity index (χ4n) is 0.819. The van der Waals surface area contributed by atoms with E-state index in [0.717, 1.165) is 0 Å². The van der Waals surface area contributed by atoms with E-state index in [1.807, 2.05) is 0 Å². The van der Waals surface area contributed by atoms with Crippen LogP contribution in [0.25, 0.3) is 0 Å². The molecule has 4 heteroatoms. The smallest absolute Gasteiger partial charge is 0.171 e. The fraction of sp³-hybridized carbons (Fsp3) is 1.00. The summed E-state index contributed by atoms with van der Waals surface area (Å²) in [6, 6.07) is 0. The van der Waals surface area contributed by atoms with Crippen molar-refractivity contribution in [3.05, 3.63) is 0 Å². The van der Waals surface area contributed by atoms with E-state index in [1.165, 1.54) is 0 Å². The maximum absolute atomic E-state index is 11.7. The molecule has 1 saturated carbocycles. The summed E-state index contributed by atoms with van der Waals surface area (Å²) in [5, 5.41) is 0.483. The maximum Gasteiger partial charge on any atom is 0.392 e. The molecule has 0 heterocycles. The lowest BCUT2D eigenvalue weighted by Gasteiger charge is -2.02. The molecule has 0 nitrogen and oxygen atoms in total. The van der Waals surface area contributed by atoms with Gasteiger partial charge in [-0.15, -0.1) is 0 Å². The van der Waals surface area contributed by atoms with E-state index < -0.39 is 12.1 Å². The molecule has 1 rings (SSSR count). The second-order valence-corrected chi connectivity index (χ2v) is 2.95. The summed E-state index contributed by atoms with van der Waals surface area (Å²) < 4.78 is 35.0. The van der Waals surface area contributed by atoms with Crippen LogP contribution in [0.3, 0.4) is 0 Å². The average molecular weight is 203 g/mol. The Morgan fingerprint density at radius 1 is 1.44 bits per heavy atom. The first-order valence-electron chi connectivity index (χ1n) is 2.68. The highest BCUT2D eigenvalue weighted by Crippen LogP contribution is 2.50. The SMILES string of the molecule is FC(F)(F)[C@@H]1C[C@H]1CBr. The van der Waals surface area contributed by atoms with Crippen LogP contribution >= 0.6 is 15.9 Å². The molecule has 1 aliphatic carbocycles. The zero-order valence-electron chi connectivity index (χ0n) is 4.58. The Kier molecular flexibility index (Phi) is 1.76. The molecule has 0 bridgehead atoms. The molecular formula is C5H6BrF3. The van der Waals surface area contributed by atoms with Gasteiger partial charge in [0.1, 0.15) is 0 Å². The first-order chi connectivity index (χ1) is 4.05. The summed E-state index contributed by atoms with van der Waals surface area (Å²) in [5.74, 6) is -1.16. The van der Waals surface area contributed by atoms with Crippen molar-refractivity contribution in [1.82, 2.24) is 0 Å². The predicted octanol–water partition coefficient (Wildman–Crippen LogP) is 2.58. The highest BCUT2D eigenvalue weighted by atomic mass is 79.9. The van der Waals surface area contributed by atoms with E-state index in [-0.39, 0.29) is 5.92 Å². The highest BCUT2D eigenvalue weighted by Gasteiger charge is 2.54. The summed E-state index contributed by atoms with van der Waals surface area (Å²) in [6.07, 6.45) is -3.63. The van der Waals surface area contributed by atoms with Crippen molar-refractivity contribution in [2.45, 2.75) is 12.6 Å². The molecule has 0 saturated heterocycles. The van der Waals surface area contributed by atoms with Crippen molar-refractivity contribution in [1.29, 1.82) is 0 Å². The van der Waals surface area contributed by atoms with Crippen LogP contribution in [0.1, 0.15) is 6.42 Å². The third-order valence-corrected chi connectivity index (χ3v) is 2.37. The summed E-state index contributed by atoms with van der Waals surface area (Å²) >= 11 is 3.01. The van der Waals surface area contributed by atoms with Crippen LogP contribution in [0.2, 0.25) is 0 Å². The molecule has 54 valence electrons. The molecule has 0 radical (unpaired) electrons. The molecule has 0 aromatic rings. The van der Waals surface area contributed by atoms with Crippen LogP contribution in [0.4, 0.5) is 13.2 Å². The Labute approximate surface area is 59.6 Å². The molecule has 0 aromatic carbocycles. The van der Waals surface area contributed by atoms with Gasteiger partial charge in [0.15, 0.2) is 0 Å². The average Bonchev–Trinajstić information content (AvgIpc) is 2.39. The maximum atomic E-state index is 11.7. The Balaban J connectivity index is 2.33. The van der Waals surface area contributed by atoms with Crippen LogP contribution in [-0.4, -0.2) is 11.5 Å². The van der Waals surface area contributed by atoms with E-state index in [0.29, 0.717) is 11.8 Å². The summed E-state index contributed by atoms with van der Waals surface area (Å²) in [6.45, 7) is 0. The van der Waals surface area contributed by atoms with Gasteiger partial charge in [-0.3, -0.25) is 0 Å². The molecule has 0 amide bonds. The van der Waals surface area contributed by atoms with Gasteiger partial charge in [0.25, 0.3) is 0 Å². The summed E-state index contributed by atoms with van der Waals surface area (Å²) in [5.41, 5.74) is 0. The quantitative estimate of drug-likeness (QED) is 0.574. The number of rotatable bonds is 1. The minimum atomic E-state index is -3.95. The Bertz CT molecular complexity index is 109. The number of alkyl halides is 4. The molecule has 0 aliphatic heterocycles. The van der Waals surface area contributed by atoms with Crippen molar-refractivity contribution >= 4 is 15.9 Å². The van der Waals surface area contributed by atoms with Crippen LogP contribution < -0.4 is 0 Å². The van der Waals surface area contributed by atoms with Crippen molar-refractivity contribution < 1.29 is 13.2 Å². The van der Waals surface area contributed by atoms with Crippen LogP contribution in [-0.2, 0) is 0 Å². The normalized spacial score (nSPS) is 34.7. The number of hydrogen-bond acceptors (Lipinski definition) is 0. The second-order valence-electron chi connectivity index (χ2n) is 2.30. The molecular weight excluding hydrogens is 197 g/mol. The highest BCUT2D eigenvalue weighted by molar-refractivity contribution is 9.09. The zero-order chi connectivity index (χ0) is 7.07. The number of halogens is 4. The van der Waals surface area contributed by atoms with Gasteiger partial charge in [0.05, 0.1) is 5.92 Å².